The van der Waals surface area contributed by atoms with Gasteiger partial charge in [0, 0.05) is 22.9 Å². The molecule has 0 bridgehead atoms. The summed E-state index contributed by atoms with van der Waals surface area (Å²) in [6.45, 7) is 0. The summed E-state index contributed by atoms with van der Waals surface area (Å²) in [6.07, 6.45) is 1.71. The van der Waals surface area contributed by atoms with Crippen LogP contribution in [-0.4, -0.2) is 21.3 Å². The van der Waals surface area contributed by atoms with Gasteiger partial charge in [0.1, 0.15) is 5.69 Å². The Hall–Kier alpha value is -2.83. The second kappa shape index (κ2) is 6.82. The molecule has 1 aliphatic rings. The number of aromatic nitrogens is 2. The Morgan fingerprint density at radius 3 is 2.42 bits per heavy atom. The Kier molecular flexibility index (Phi) is 4.36. The lowest BCUT2D eigenvalue weighted by Crippen LogP contribution is -2.18. The first-order valence-corrected chi connectivity index (χ1v) is 8.96. The van der Waals surface area contributed by atoms with Gasteiger partial charge in [0.05, 0.1) is 9.93 Å². The quantitative estimate of drug-likeness (QED) is 0.656. The summed E-state index contributed by atoms with van der Waals surface area (Å²) < 4.78 is 0. The highest BCUT2D eigenvalue weighted by Gasteiger charge is 2.31. The number of nitrogens with one attached hydrogen (secondary N) is 2. The summed E-state index contributed by atoms with van der Waals surface area (Å²) in [5.41, 5.74) is 3.53. The Balaban J connectivity index is 1.98. The maximum absolute atomic E-state index is 12.3. The summed E-state index contributed by atoms with van der Waals surface area (Å²) >= 11 is 7.23. The van der Waals surface area contributed by atoms with Crippen LogP contribution in [0.25, 0.3) is 16.8 Å². The van der Waals surface area contributed by atoms with Gasteiger partial charge < -0.3 is 0 Å². The number of carbonyl (C=O) groups is 2. The number of H-pyrrole nitrogens is 1. The molecule has 2 aromatic carbocycles. The molecule has 1 fully saturated rings. The monoisotopic (exact) mass is 381 g/mol. The third-order valence-corrected chi connectivity index (χ3v) is 5.16. The first-order valence-electron chi connectivity index (χ1n) is 7.77. The summed E-state index contributed by atoms with van der Waals surface area (Å²) in [6, 6.07) is 16.8. The van der Waals surface area contributed by atoms with Crippen LogP contribution in [0.3, 0.4) is 0 Å². The van der Waals surface area contributed by atoms with Gasteiger partial charge in [-0.3, -0.25) is 20.0 Å². The van der Waals surface area contributed by atoms with Gasteiger partial charge >= 0.3 is 0 Å². The molecule has 0 unspecified atom stereocenters. The van der Waals surface area contributed by atoms with Crippen molar-refractivity contribution in [2.45, 2.75) is 0 Å². The van der Waals surface area contributed by atoms with E-state index in [-0.39, 0.29) is 5.24 Å². The normalized spacial score (nSPS) is 15.9. The molecule has 128 valence electrons. The molecule has 3 aromatic rings. The SMILES string of the molecule is O=C1NC(=O)C(=C(c2ccccc2)c2c[nH]nc2-c2ccccc2Cl)S1. The number of carbonyl (C=O) groups excluding carboxylic acids is 2. The van der Waals surface area contributed by atoms with Gasteiger partial charge in [0.25, 0.3) is 11.1 Å². The second-order valence-corrected chi connectivity index (χ2v) is 6.93. The smallest absolute Gasteiger partial charge is 0.284 e. The first-order chi connectivity index (χ1) is 12.6. The van der Waals surface area contributed by atoms with Crippen molar-refractivity contribution in [1.29, 1.82) is 0 Å². The fourth-order valence-corrected chi connectivity index (χ4v) is 3.86. The zero-order chi connectivity index (χ0) is 18.1. The van der Waals surface area contributed by atoms with Crippen LogP contribution in [0.2, 0.25) is 5.02 Å². The van der Waals surface area contributed by atoms with Gasteiger partial charge in [0.2, 0.25) is 0 Å². The maximum Gasteiger partial charge on any atom is 0.290 e. The van der Waals surface area contributed by atoms with Crippen molar-refractivity contribution in [3.63, 3.8) is 0 Å². The highest BCUT2D eigenvalue weighted by Crippen LogP contribution is 2.40. The molecule has 0 aliphatic carbocycles. The molecule has 26 heavy (non-hydrogen) atoms. The molecular formula is C19H12ClN3O2S. The number of benzene rings is 2. The molecule has 5 nitrogen and oxygen atoms in total. The average molecular weight is 382 g/mol. The number of nitrogens with zero attached hydrogens (tertiary/aromatic N) is 1. The van der Waals surface area contributed by atoms with E-state index in [1.54, 1.807) is 12.3 Å². The lowest BCUT2D eigenvalue weighted by atomic mass is 9.95. The van der Waals surface area contributed by atoms with Crippen molar-refractivity contribution in [3.05, 3.63) is 81.8 Å². The standard InChI is InChI=1S/C19H12ClN3O2S/c20-14-9-5-4-8-12(14)16-13(10-21-23-16)15(11-6-2-1-3-7-11)17-18(24)22-19(25)26-17/h1-10H,(H,21,23)(H,22,24,25). The number of aromatic amines is 1. The lowest BCUT2D eigenvalue weighted by Gasteiger charge is -2.11. The summed E-state index contributed by atoms with van der Waals surface area (Å²) in [7, 11) is 0. The third kappa shape index (κ3) is 2.94. The number of rotatable bonds is 3. The minimum Gasteiger partial charge on any atom is -0.284 e. The molecule has 2 heterocycles. The minimum atomic E-state index is -0.412. The second-order valence-electron chi connectivity index (χ2n) is 5.54. The van der Waals surface area contributed by atoms with E-state index < -0.39 is 5.91 Å². The van der Waals surface area contributed by atoms with Gasteiger partial charge in [-0.05, 0) is 23.4 Å². The molecule has 1 aromatic heterocycles. The van der Waals surface area contributed by atoms with E-state index in [0.29, 0.717) is 26.8 Å². The summed E-state index contributed by atoms with van der Waals surface area (Å²) in [5, 5.41) is 9.68. The van der Waals surface area contributed by atoms with Crippen LogP contribution in [0, 0.1) is 0 Å². The summed E-state index contributed by atoms with van der Waals surface area (Å²) in [4.78, 5) is 24.4. The number of hydrogen-bond donors (Lipinski definition) is 2. The van der Waals surface area contributed by atoms with E-state index in [1.807, 2.05) is 48.5 Å². The maximum atomic E-state index is 12.3. The van der Waals surface area contributed by atoms with Gasteiger partial charge in [-0.2, -0.15) is 5.10 Å². The molecule has 7 heteroatoms. The Morgan fingerprint density at radius 1 is 1.00 bits per heavy atom. The first kappa shape index (κ1) is 16.6. The Bertz CT molecular complexity index is 1040. The van der Waals surface area contributed by atoms with Gasteiger partial charge in [-0.25, -0.2) is 0 Å². The van der Waals surface area contributed by atoms with E-state index in [2.05, 4.69) is 15.5 Å². The van der Waals surface area contributed by atoms with Crippen LogP contribution in [0.1, 0.15) is 11.1 Å². The van der Waals surface area contributed by atoms with Crippen LogP contribution < -0.4 is 5.32 Å². The molecule has 2 amide bonds. The molecule has 0 atom stereocenters. The Labute approximate surface area is 158 Å². The highest BCUT2D eigenvalue weighted by atomic mass is 35.5. The van der Waals surface area contributed by atoms with Crippen LogP contribution in [-0.2, 0) is 4.79 Å². The van der Waals surface area contributed by atoms with Crippen molar-refractivity contribution < 1.29 is 9.59 Å². The molecule has 4 rings (SSSR count). The van der Waals surface area contributed by atoms with E-state index in [4.69, 9.17) is 11.6 Å². The van der Waals surface area contributed by atoms with Crippen molar-refractivity contribution >= 4 is 40.1 Å². The average Bonchev–Trinajstić information content (AvgIpc) is 3.24. The van der Waals surface area contributed by atoms with E-state index in [1.165, 1.54) is 0 Å². The minimum absolute atomic E-state index is 0.343. The molecule has 0 spiro atoms. The molecular weight excluding hydrogens is 370 g/mol. The van der Waals surface area contributed by atoms with E-state index >= 15 is 0 Å². The zero-order valence-electron chi connectivity index (χ0n) is 13.3. The van der Waals surface area contributed by atoms with Gasteiger partial charge in [-0.15, -0.1) is 0 Å². The fraction of sp³-hybridized carbons (Fsp3) is 0. The zero-order valence-corrected chi connectivity index (χ0v) is 14.9. The van der Waals surface area contributed by atoms with Crippen molar-refractivity contribution in [1.82, 2.24) is 15.5 Å². The molecule has 2 N–H and O–H groups in total. The predicted molar refractivity (Wildman–Crippen MR) is 103 cm³/mol. The Morgan fingerprint density at radius 2 is 1.73 bits per heavy atom. The number of imide groups is 1. The van der Waals surface area contributed by atoms with Crippen LogP contribution in [0.4, 0.5) is 4.79 Å². The number of halogens is 1. The number of amides is 2. The lowest BCUT2D eigenvalue weighted by molar-refractivity contribution is -0.115. The predicted octanol–water partition coefficient (Wildman–Crippen LogP) is 4.47. The van der Waals surface area contributed by atoms with E-state index in [9.17, 15) is 9.59 Å². The van der Waals surface area contributed by atoms with Crippen molar-refractivity contribution in [2.75, 3.05) is 0 Å². The molecule has 0 radical (unpaired) electrons. The van der Waals surface area contributed by atoms with Crippen LogP contribution >= 0.6 is 23.4 Å². The molecule has 0 saturated carbocycles. The fourth-order valence-electron chi connectivity index (χ4n) is 2.83. The van der Waals surface area contributed by atoms with Gasteiger partial charge in [0.15, 0.2) is 0 Å². The third-order valence-electron chi connectivity index (χ3n) is 3.94. The van der Waals surface area contributed by atoms with Crippen LogP contribution in [0.15, 0.2) is 65.7 Å². The number of thioether (sulfide) groups is 1. The number of hydrogen-bond acceptors (Lipinski definition) is 4. The van der Waals surface area contributed by atoms with E-state index in [0.717, 1.165) is 22.9 Å². The summed E-state index contributed by atoms with van der Waals surface area (Å²) in [5.74, 6) is -0.412. The van der Waals surface area contributed by atoms with Crippen LogP contribution in [0.5, 0.6) is 0 Å². The van der Waals surface area contributed by atoms with Gasteiger partial charge in [-0.1, -0.05) is 60.1 Å². The largest absolute Gasteiger partial charge is 0.290 e. The molecule has 1 aliphatic heterocycles. The van der Waals surface area contributed by atoms with Crippen molar-refractivity contribution in [2.24, 2.45) is 0 Å². The topological polar surface area (TPSA) is 74.8 Å². The van der Waals surface area contributed by atoms with Crippen molar-refractivity contribution in [3.8, 4) is 11.3 Å². The molecule has 1 saturated heterocycles. The highest BCUT2D eigenvalue weighted by molar-refractivity contribution is 8.18.